The smallest absolute Gasteiger partial charge is 0.158 e. The van der Waals surface area contributed by atoms with Gasteiger partial charge < -0.3 is 0 Å². The summed E-state index contributed by atoms with van der Waals surface area (Å²) in [6.07, 6.45) is 22.0. The van der Waals surface area contributed by atoms with Crippen LogP contribution in [0.5, 0.6) is 0 Å². The Kier molecular flexibility index (Phi) is 13.0. The van der Waals surface area contributed by atoms with E-state index in [1.165, 1.54) is 64.2 Å². The Balaban J connectivity index is 1.60. The standard InChI is InChI=1S/C33H48N2O2/c1-3-5-7-8-9-10-11-14-18-27-24-34-33(35-25-27)31(28-19-15-12-16-20-28)32(37)29-22-21-26(23-30(29)36)17-13-6-4-2/h12,15-16,19-20,24-26,29,31H,3-11,13-14,17-18,21-23H2,1-2H3. The number of hydrogen-bond donors (Lipinski definition) is 0. The Morgan fingerprint density at radius 2 is 1.46 bits per heavy atom. The van der Waals surface area contributed by atoms with Gasteiger partial charge >= 0.3 is 0 Å². The largest absolute Gasteiger partial charge is 0.299 e. The van der Waals surface area contributed by atoms with Crippen LogP contribution in [-0.2, 0) is 16.0 Å². The normalized spacial score (nSPS) is 18.6. The van der Waals surface area contributed by atoms with Gasteiger partial charge in [0.25, 0.3) is 0 Å². The fraction of sp³-hybridized carbons (Fsp3) is 0.636. The predicted octanol–water partition coefficient (Wildman–Crippen LogP) is 8.43. The molecule has 0 N–H and O–H groups in total. The van der Waals surface area contributed by atoms with Gasteiger partial charge in [-0.1, -0.05) is 115 Å². The summed E-state index contributed by atoms with van der Waals surface area (Å²) in [5.74, 6) is -0.0693. The summed E-state index contributed by atoms with van der Waals surface area (Å²) in [7, 11) is 0. The minimum Gasteiger partial charge on any atom is -0.299 e. The van der Waals surface area contributed by atoms with Crippen molar-refractivity contribution in [2.24, 2.45) is 11.8 Å². The van der Waals surface area contributed by atoms with Crippen molar-refractivity contribution in [3.8, 4) is 0 Å². The van der Waals surface area contributed by atoms with Crippen LogP contribution in [-0.4, -0.2) is 21.5 Å². The second-order valence-electron chi connectivity index (χ2n) is 11.1. The van der Waals surface area contributed by atoms with Gasteiger partial charge in [-0.15, -0.1) is 0 Å². The lowest BCUT2D eigenvalue weighted by molar-refractivity contribution is -0.135. The molecule has 3 unspecified atom stereocenters. The number of carbonyl (C=O) groups excluding carboxylic acids is 2. The van der Waals surface area contributed by atoms with Crippen molar-refractivity contribution in [1.82, 2.24) is 9.97 Å². The number of nitrogens with zero attached hydrogens (tertiary/aromatic N) is 2. The van der Waals surface area contributed by atoms with Crippen LogP contribution in [0.3, 0.4) is 0 Å². The van der Waals surface area contributed by atoms with Gasteiger partial charge in [-0.3, -0.25) is 9.59 Å². The highest BCUT2D eigenvalue weighted by Gasteiger charge is 2.38. The second kappa shape index (κ2) is 16.5. The van der Waals surface area contributed by atoms with Crippen molar-refractivity contribution in [3.63, 3.8) is 0 Å². The Labute approximate surface area is 225 Å². The first-order valence-electron chi connectivity index (χ1n) is 15.1. The number of hydrogen-bond acceptors (Lipinski definition) is 4. The van der Waals surface area contributed by atoms with Crippen molar-refractivity contribution in [2.45, 2.75) is 122 Å². The summed E-state index contributed by atoms with van der Waals surface area (Å²) in [4.78, 5) is 36.2. The van der Waals surface area contributed by atoms with E-state index >= 15 is 0 Å². The third-order valence-corrected chi connectivity index (χ3v) is 8.02. The molecule has 0 spiro atoms. The quantitative estimate of drug-likeness (QED) is 0.160. The first-order chi connectivity index (χ1) is 18.1. The molecule has 3 atom stereocenters. The van der Waals surface area contributed by atoms with Crippen LogP contribution >= 0.6 is 0 Å². The van der Waals surface area contributed by atoms with E-state index < -0.39 is 11.8 Å². The summed E-state index contributed by atoms with van der Waals surface area (Å²) in [6.45, 7) is 4.46. The number of aromatic nitrogens is 2. The fourth-order valence-electron chi connectivity index (χ4n) is 5.72. The third-order valence-electron chi connectivity index (χ3n) is 8.02. The topological polar surface area (TPSA) is 59.9 Å². The zero-order chi connectivity index (χ0) is 26.3. The first kappa shape index (κ1) is 29.2. The van der Waals surface area contributed by atoms with Gasteiger partial charge in [0.1, 0.15) is 17.5 Å². The number of ketones is 2. The maximum absolute atomic E-state index is 13.8. The summed E-state index contributed by atoms with van der Waals surface area (Å²) < 4.78 is 0. The molecule has 37 heavy (non-hydrogen) atoms. The SMILES string of the molecule is CCCCCCCCCCc1cnc(C(C(=O)C2CCC(CCCCC)CC2=O)c2ccccc2)nc1. The van der Waals surface area contributed by atoms with Crippen molar-refractivity contribution in [1.29, 1.82) is 0 Å². The fourth-order valence-corrected chi connectivity index (χ4v) is 5.72. The van der Waals surface area contributed by atoms with Gasteiger partial charge in [0.15, 0.2) is 5.78 Å². The predicted molar refractivity (Wildman–Crippen MR) is 152 cm³/mol. The van der Waals surface area contributed by atoms with E-state index in [9.17, 15) is 9.59 Å². The van der Waals surface area contributed by atoms with Crippen molar-refractivity contribution in [3.05, 3.63) is 59.7 Å². The maximum Gasteiger partial charge on any atom is 0.158 e. The molecular weight excluding hydrogens is 456 g/mol. The Bertz CT molecular complexity index is 925. The van der Waals surface area contributed by atoms with E-state index in [4.69, 9.17) is 0 Å². The molecule has 2 aromatic rings. The Morgan fingerprint density at radius 3 is 2.11 bits per heavy atom. The van der Waals surface area contributed by atoms with E-state index in [0.29, 0.717) is 24.6 Å². The molecule has 0 radical (unpaired) electrons. The van der Waals surface area contributed by atoms with Crippen LogP contribution < -0.4 is 0 Å². The van der Waals surface area contributed by atoms with E-state index in [-0.39, 0.29) is 11.6 Å². The van der Waals surface area contributed by atoms with Crippen LogP contribution in [0.2, 0.25) is 0 Å². The molecule has 0 aliphatic heterocycles. The van der Waals surface area contributed by atoms with Gasteiger partial charge in [-0.2, -0.15) is 0 Å². The molecule has 1 aromatic heterocycles. The molecule has 0 bridgehead atoms. The Morgan fingerprint density at radius 1 is 0.838 bits per heavy atom. The molecule has 0 amide bonds. The molecule has 1 aromatic carbocycles. The molecule has 1 saturated carbocycles. The lowest BCUT2D eigenvalue weighted by Gasteiger charge is -2.29. The number of Topliss-reactive ketones (excluding diaryl/α,β-unsaturated/α-hetero) is 2. The summed E-state index contributed by atoms with van der Waals surface area (Å²) in [5, 5.41) is 0. The van der Waals surface area contributed by atoms with Crippen LogP contribution in [0.1, 0.15) is 133 Å². The van der Waals surface area contributed by atoms with Crippen molar-refractivity contribution < 1.29 is 9.59 Å². The van der Waals surface area contributed by atoms with Crippen molar-refractivity contribution >= 4 is 11.6 Å². The number of unbranched alkanes of at least 4 members (excludes halogenated alkanes) is 9. The van der Waals surface area contributed by atoms with Crippen LogP contribution in [0.4, 0.5) is 0 Å². The highest BCUT2D eigenvalue weighted by atomic mass is 16.2. The van der Waals surface area contributed by atoms with Crippen LogP contribution in [0.15, 0.2) is 42.7 Å². The lowest BCUT2D eigenvalue weighted by atomic mass is 9.73. The minimum atomic E-state index is -0.580. The lowest BCUT2D eigenvalue weighted by Crippen LogP contribution is -2.35. The highest BCUT2D eigenvalue weighted by Crippen LogP contribution is 2.35. The zero-order valence-corrected chi connectivity index (χ0v) is 23.3. The summed E-state index contributed by atoms with van der Waals surface area (Å²) >= 11 is 0. The van der Waals surface area contributed by atoms with Gasteiger partial charge in [0.05, 0.1) is 5.92 Å². The zero-order valence-electron chi connectivity index (χ0n) is 23.3. The summed E-state index contributed by atoms with van der Waals surface area (Å²) in [6, 6.07) is 9.76. The Hall–Kier alpha value is -2.36. The number of benzene rings is 1. The number of carbonyl (C=O) groups is 2. The van der Waals surface area contributed by atoms with Crippen LogP contribution in [0.25, 0.3) is 0 Å². The third kappa shape index (κ3) is 9.47. The maximum atomic E-state index is 13.8. The molecule has 3 rings (SSSR count). The van der Waals surface area contributed by atoms with Crippen molar-refractivity contribution in [2.75, 3.05) is 0 Å². The van der Waals surface area contributed by atoms with Gasteiger partial charge in [-0.05, 0) is 42.7 Å². The van der Waals surface area contributed by atoms with Crippen LogP contribution in [0, 0.1) is 11.8 Å². The molecule has 4 nitrogen and oxygen atoms in total. The molecule has 1 heterocycles. The molecule has 1 fully saturated rings. The van der Waals surface area contributed by atoms with E-state index in [0.717, 1.165) is 36.8 Å². The van der Waals surface area contributed by atoms with Gasteiger partial charge in [0.2, 0.25) is 0 Å². The van der Waals surface area contributed by atoms with E-state index in [2.05, 4.69) is 23.8 Å². The molecular formula is C33H48N2O2. The monoisotopic (exact) mass is 504 g/mol. The molecule has 1 aliphatic rings. The average Bonchev–Trinajstić information content (AvgIpc) is 2.92. The number of rotatable bonds is 17. The first-order valence-corrected chi connectivity index (χ1v) is 15.1. The minimum absolute atomic E-state index is 0.0287. The molecule has 1 aliphatic carbocycles. The van der Waals surface area contributed by atoms with E-state index in [1.807, 2.05) is 42.7 Å². The van der Waals surface area contributed by atoms with E-state index in [1.54, 1.807) is 0 Å². The number of aryl methyl sites for hydroxylation is 1. The molecule has 202 valence electrons. The average molecular weight is 505 g/mol. The molecule has 0 saturated heterocycles. The van der Waals surface area contributed by atoms with Gasteiger partial charge in [-0.25, -0.2) is 9.97 Å². The molecule has 4 heteroatoms. The van der Waals surface area contributed by atoms with Gasteiger partial charge in [0, 0.05) is 18.8 Å². The summed E-state index contributed by atoms with van der Waals surface area (Å²) in [5.41, 5.74) is 2.00. The highest BCUT2D eigenvalue weighted by molar-refractivity contribution is 6.06. The second-order valence-corrected chi connectivity index (χ2v) is 11.1.